The number of benzene rings is 1. The topological polar surface area (TPSA) is 64.9 Å². The Morgan fingerprint density at radius 3 is 3.05 bits per heavy atom. The van der Waals surface area contributed by atoms with E-state index in [4.69, 9.17) is 21.9 Å². The van der Waals surface area contributed by atoms with E-state index in [9.17, 15) is 0 Å². The van der Waals surface area contributed by atoms with E-state index in [-0.39, 0.29) is 11.5 Å². The number of nitrogens with zero attached hydrogens (tertiary/aromatic N) is 2. The standard InChI is InChI=1S/C15H18ClN3O/c1-15(7-3-6-12(15)17)14-18-13(19-20-14)9-10-4-2-5-11(16)8-10/h2,4-5,8,12H,3,6-7,9,17H2,1H3. The Hall–Kier alpha value is -1.39. The number of halogens is 1. The van der Waals surface area contributed by atoms with Crippen LogP contribution in [0.15, 0.2) is 28.8 Å². The van der Waals surface area contributed by atoms with Gasteiger partial charge >= 0.3 is 0 Å². The van der Waals surface area contributed by atoms with Gasteiger partial charge in [-0.25, -0.2) is 0 Å². The summed E-state index contributed by atoms with van der Waals surface area (Å²) in [5.41, 5.74) is 7.08. The lowest BCUT2D eigenvalue weighted by Crippen LogP contribution is -2.38. The molecule has 106 valence electrons. The molecule has 0 saturated heterocycles. The highest BCUT2D eigenvalue weighted by molar-refractivity contribution is 6.30. The summed E-state index contributed by atoms with van der Waals surface area (Å²) in [6.07, 6.45) is 3.76. The van der Waals surface area contributed by atoms with Gasteiger partial charge in [-0.05, 0) is 37.5 Å². The van der Waals surface area contributed by atoms with Gasteiger partial charge in [-0.2, -0.15) is 4.98 Å². The van der Waals surface area contributed by atoms with Gasteiger partial charge in [0.1, 0.15) is 0 Å². The van der Waals surface area contributed by atoms with Crippen LogP contribution in [0.25, 0.3) is 0 Å². The van der Waals surface area contributed by atoms with E-state index in [1.165, 1.54) is 0 Å². The Morgan fingerprint density at radius 2 is 2.35 bits per heavy atom. The first-order chi connectivity index (χ1) is 9.58. The van der Waals surface area contributed by atoms with E-state index in [1.54, 1.807) is 0 Å². The molecule has 1 saturated carbocycles. The van der Waals surface area contributed by atoms with Crippen molar-refractivity contribution in [3.05, 3.63) is 46.6 Å². The van der Waals surface area contributed by atoms with Crippen LogP contribution in [-0.2, 0) is 11.8 Å². The molecule has 2 atom stereocenters. The second-order valence-electron chi connectivity index (χ2n) is 5.74. The van der Waals surface area contributed by atoms with Gasteiger partial charge in [0.25, 0.3) is 0 Å². The van der Waals surface area contributed by atoms with Gasteiger partial charge in [-0.15, -0.1) is 0 Å². The highest BCUT2D eigenvalue weighted by Gasteiger charge is 2.42. The van der Waals surface area contributed by atoms with E-state index < -0.39 is 0 Å². The average Bonchev–Trinajstić information content (AvgIpc) is 2.99. The molecule has 2 aromatic rings. The van der Waals surface area contributed by atoms with Crippen molar-refractivity contribution in [2.24, 2.45) is 5.73 Å². The number of rotatable bonds is 3. The van der Waals surface area contributed by atoms with Gasteiger partial charge in [-0.3, -0.25) is 0 Å². The molecule has 2 N–H and O–H groups in total. The lowest BCUT2D eigenvalue weighted by atomic mass is 9.85. The van der Waals surface area contributed by atoms with Gasteiger partial charge in [0.15, 0.2) is 5.82 Å². The summed E-state index contributed by atoms with van der Waals surface area (Å²) in [6.45, 7) is 2.11. The lowest BCUT2D eigenvalue weighted by Gasteiger charge is -2.23. The molecule has 3 rings (SSSR count). The fourth-order valence-electron chi connectivity index (χ4n) is 2.85. The van der Waals surface area contributed by atoms with Crippen LogP contribution >= 0.6 is 11.6 Å². The SMILES string of the molecule is CC1(c2nc(Cc3cccc(Cl)c3)no2)CCCC1N. The largest absolute Gasteiger partial charge is 0.339 e. The lowest BCUT2D eigenvalue weighted by molar-refractivity contribution is 0.276. The van der Waals surface area contributed by atoms with Crippen LogP contribution in [0.5, 0.6) is 0 Å². The van der Waals surface area contributed by atoms with Crippen molar-refractivity contribution < 1.29 is 4.52 Å². The fourth-order valence-corrected chi connectivity index (χ4v) is 3.06. The third-order valence-electron chi connectivity index (χ3n) is 4.24. The third kappa shape index (κ3) is 2.45. The molecule has 1 aromatic carbocycles. The Morgan fingerprint density at radius 1 is 1.50 bits per heavy atom. The summed E-state index contributed by atoms with van der Waals surface area (Å²) < 4.78 is 5.45. The zero-order valence-corrected chi connectivity index (χ0v) is 12.2. The molecule has 0 amide bonds. The molecule has 0 aliphatic heterocycles. The molecule has 0 radical (unpaired) electrons. The maximum atomic E-state index is 6.18. The summed E-state index contributed by atoms with van der Waals surface area (Å²) >= 11 is 5.98. The van der Waals surface area contributed by atoms with Crippen LogP contribution in [0, 0.1) is 0 Å². The van der Waals surface area contributed by atoms with Crippen LogP contribution in [0.2, 0.25) is 5.02 Å². The smallest absolute Gasteiger partial charge is 0.234 e. The normalized spacial score (nSPS) is 26.1. The van der Waals surface area contributed by atoms with Crippen molar-refractivity contribution in [1.82, 2.24) is 10.1 Å². The van der Waals surface area contributed by atoms with E-state index in [0.29, 0.717) is 18.1 Å². The molecule has 4 nitrogen and oxygen atoms in total. The maximum absolute atomic E-state index is 6.18. The van der Waals surface area contributed by atoms with Gasteiger partial charge in [0.2, 0.25) is 5.89 Å². The predicted molar refractivity (Wildman–Crippen MR) is 77.7 cm³/mol. The quantitative estimate of drug-likeness (QED) is 0.944. The van der Waals surface area contributed by atoms with Crippen LogP contribution in [0.3, 0.4) is 0 Å². The molecule has 0 bridgehead atoms. The molecular weight excluding hydrogens is 274 g/mol. The monoisotopic (exact) mass is 291 g/mol. The van der Waals surface area contributed by atoms with Crippen LogP contribution in [-0.4, -0.2) is 16.2 Å². The van der Waals surface area contributed by atoms with Crippen molar-refractivity contribution >= 4 is 11.6 Å². The minimum Gasteiger partial charge on any atom is -0.339 e. The molecule has 5 heteroatoms. The molecule has 1 aliphatic carbocycles. The van der Waals surface area contributed by atoms with Gasteiger partial charge in [0, 0.05) is 17.5 Å². The Kier molecular flexibility index (Phi) is 3.52. The predicted octanol–water partition coefficient (Wildman–Crippen LogP) is 3.08. The summed E-state index contributed by atoms with van der Waals surface area (Å²) in [5.74, 6) is 1.35. The minimum atomic E-state index is -0.181. The average molecular weight is 292 g/mol. The first-order valence-corrected chi connectivity index (χ1v) is 7.29. The molecule has 20 heavy (non-hydrogen) atoms. The number of hydrogen-bond acceptors (Lipinski definition) is 4. The summed E-state index contributed by atoms with van der Waals surface area (Å²) in [6, 6.07) is 7.80. The van der Waals surface area contributed by atoms with Gasteiger partial charge in [0.05, 0.1) is 5.41 Å². The molecule has 2 unspecified atom stereocenters. The van der Waals surface area contributed by atoms with Crippen molar-refractivity contribution in [2.45, 2.75) is 44.1 Å². The molecule has 1 aromatic heterocycles. The summed E-state index contributed by atoms with van der Waals surface area (Å²) in [5, 5.41) is 4.80. The maximum Gasteiger partial charge on any atom is 0.234 e. The van der Waals surface area contributed by atoms with Crippen molar-refractivity contribution in [3.63, 3.8) is 0 Å². The summed E-state index contributed by atoms with van der Waals surface area (Å²) in [7, 11) is 0. The Labute approximate surface area is 123 Å². The van der Waals surface area contributed by atoms with Crippen LogP contribution in [0.1, 0.15) is 43.5 Å². The van der Waals surface area contributed by atoms with Gasteiger partial charge < -0.3 is 10.3 Å². The highest BCUT2D eigenvalue weighted by atomic mass is 35.5. The second-order valence-corrected chi connectivity index (χ2v) is 6.18. The number of nitrogens with two attached hydrogens (primary N) is 1. The van der Waals surface area contributed by atoms with Crippen molar-refractivity contribution in [2.75, 3.05) is 0 Å². The fraction of sp³-hybridized carbons (Fsp3) is 0.467. The first kappa shape index (κ1) is 13.6. The van der Waals surface area contributed by atoms with E-state index >= 15 is 0 Å². The number of aromatic nitrogens is 2. The Balaban J connectivity index is 1.80. The zero-order chi connectivity index (χ0) is 14.2. The van der Waals surface area contributed by atoms with Crippen molar-refractivity contribution in [3.8, 4) is 0 Å². The Bertz CT molecular complexity index is 613. The second kappa shape index (κ2) is 5.19. The van der Waals surface area contributed by atoms with Crippen LogP contribution < -0.4 is 5.73 Å². The molecule has 1 aliphatic rings. The molecular formula is C15H18ClN3O. The highest BCUT2D eigenvalue weighted by Crippen LogP contribution is 2.38. The zero-order valence-electron chi connectivity index (χ0n) is 11.5. The van der Waals surface area contributed by atoms with E-state index in [1.807, 2.05) is 24.3 Å². The molecule has 1 fully saturated rings. The van der Waals surface area contributed by atoms with E-state index in [2.05, 4.69) is 17.1 Å². The van der Waals surface area contributed by atoms with Crippen LogP contribution in [0.4, 0.5) is 0 Å². The molecule has 1 heterocycles. The van der Waals surface area contributed by atoms with E-state index in [0.717, 1.165) is 29.8 Å². The minimum absolute atomic E-state index is 0.0990. The molecule has 0 spiro atoms. The third-order valence-corrected chi connectivity index (χ3v) is 4.47. The first-order valence-electron chi connectivity index (χ1n) is 6.91. The summed E-state index contributed by atoms with van der Waals surface area (Å²) in [4.78, 5) is 4.54. The van der Waals surface area contributed by atoms with Crippen molar-refractivity contribution in [1.29, 1.82) is 0 Å². The number of hydrogen-bond donors (Lipinski definition) is 1. The van der Waals surface area contributed by atoms with Gasteiger partial charge in [-0.1, -0.05) is 35.3 Å².